The number of carboxylic acids is 1. The molecular weight excluding hydrogens is 390 g/mol. The predicted molar refractivity (Wildman–Crippen MR) is 123 cm³/mol. The Morgan fingerprint density at radius 1 is 0.871 bits per heavy atom. The highest BCUT2D eigenvalue weighted by Crippen LogP contribution is 2.25. The predicted octanol–water partition coefficient (Wildman–Crippen LogP) is 5.28. The van der Waals surface area contributed by atoms with Crippen molar-refractivity contribution in [2.45, 2.75) is 59.3 Å². The summed E-state index contributed by atoms with van der Waals surface area (Å²) in [5, 5.41) is 12.0. The van der Waals surface area contributed by atoms with Gasteiger partial charge >= 0.3 is 5.97 Å². The molecule has 0 aliphatic carbocycles. The highest BCUT2D eigenvalue weighted by molar-refractivity contribution is 5.96. The van der Waals surface area contributed by atoms with Crippen LogP contribution in [0.3, 0.4) is 0 Å². The quantitative estimate of drug-likeness (QED) is 0.455. The minimum Gasteiger partial charge on any atom is -0.481 e. The summed E-state index contributed by atoms with van der Waals surface area (Å²) in [6.45, 7) is 5.95. The normalized spacial score (nSPS) is 11.2. The van der Waals surface area contributed by atoms with Crippen molar-refractivity contribution in [1.29, 1.82) is 0 Å². The molecule has 0 atom stereocenters. The molecule has 0 saturated carbocycles. The van der Waals surface area contributed by atoms with E-state index in [1.807, 2.05) is 31.2 Å². The van der Waals surface area contributed by atoms with Gasteiger partial charge in [0.2, 0.25) is 5.91 Å². The van der Waals surface area contributed by atoms with Crippen molar-refractivity contribution < 1.29 is 19.5 Å². The maximum atomic E-state index is 12.4. The Hall–Kier alpha value is -2.95. The minimum atomic E-state index is -0.836. The molecule has 0 unspecified atom stereocenters. The van der Waals surface area contributed by atoms with Crippen LogP contribution < -0.4 is 5.32 Å². The van der Waals surface area contributed by atoms with Gasteiger partial charge in [-0.15, -0.1) is 0 Å². The van der Waals surface area contributed by atoms with Crippen LogP contribution in [0.15, 0.2) is 48.5 Å². The molecule has 0 heterocycles. The lowest BCUT2D eigenvalue weighted by atomic mass is 9.86. The van der Waals surface area contributed by atoms with Gasteiger partial charge in [-0.2, -0.15) is 0 Å². The molecular formula is C26H33NO4. The molecule has 2 rings (SSSR count). The topological polar surface area (TPSA) is 83.5 Å². The lowest BCUT2D eigenvalue weighted by Crippen LogP contribution is -2.23. The Bertz CT molecular complexity index is 883. The fourth-order valence-corrected chi connectivity index (χ4v) is 3.39. The SMILES string of the molecule is CCNC(=O)CCCc1ccc(-c2ccc(C(=O)CCCC(C)(C)C(=O)O)cc2)cc1. The Morgan fingerprint density at radius 3 is 2.00 bits per heavy atom. The van der Waals surface area contributed by atoms with E-state index in [9.17, 15) is 14.4 Å². The lowest BCUT2D eigenvalue weighted by Gasteiger charge is -2.18. The van der Waals surface area contributed by atoms with Gasteiger partial charge in [-0.1, -0.05) is 48.5 Å². The first-order valence-corrected chi connectivity index (χ1v) is 11.0. The smallest absolute Gasteiger partial charge is 0.309 e. The zero-order valence-electron chi connectivity index (χ0n) is 18.7. The van der Waals surface area contributed by atoms with Crippen molar-refractivity contribution in [3.05, 3.63) is 59.7 Å². The van der Waals surface area contributed by atoms with Crippen molar-refractivity contribution >= 4 is 17.7 Å². The second-order valence-electron chi connectivity index (χ2n) is 8.55. The fraction of sp³-hybridized carbons (Fsp3) is 0.423. The van der Waals surface area contributed by atoms with Crippen molar-refractivity contribution in [2.75, 3.05) is 6.54 Å². The van der Waals surface area contributed by atoms with E-state index < -0.39 is 11.4 Å². The van der Waals surface area contributed by atoms with Crippen LogP contribution >= 0.6 is 0 Å². The number of carbonyl (C=O) groups is 3. The summed E-state index contributed by atoms with van der Waals surface area (Å²) in [5.41, 5.74) is 3.16. The maximum Gasteiger partial charge on any atom is 0.309 e. The maximum absolute atomic E-state index is 12.4. The molecule has 1 amide bonds. The van der Waals surface area contributed by atoms with Gasteiger partial charge in [-0.3, -0.25) is 14.4 Å². The average Bonchev–Trinajstić information content (AvgIpc) is 2.74. The van der Waals surface area contributed by atoms with E-state index in [0.717, 1.165) is 24.0 Å². The molecule has 0 radical (unpaired) electrons. The van der Waals surface area contributed by atoms with Crippen molar-refractivity contribution in [2.24, 2.45) is 5.41 Å². The second kappa shape index (κ2) is 11.4. The number of aliphatic carboxylic acids is 1. The standard InChI is InChI=1S/C26H33NO4/c1-4-27-24(29)9-5-7-19-10-12-20(13-11-19)21-14-16-22(17-15-21)23(28)8-6-18-26(2,3)25(30)31/h10-17H,4-9,18H2,1-3H3,(H,27,29)(H,30,31). The second-order valence-corrected chi connectivity index (χ2v) is 8.55. The first-order valence-electron chi connectivity index (χ1n) is 11.0. The van der Waals surface area contributed by atoms with E-state index in [0.29, 0.717) is 37.8 Å². The lowest BCUT2D eigenvalue weighted by molar-refractivity contribution is -0.147. The molecule has 5 nitrogen and oxygen atoms in total. The van der Waals surface area contributed by atoms with E-state index >= 15 is 0 Å². The molecule has 2 aromatic carbocycles. The monoisotopic (exact) mass is 423 g/mol. The number of aryl methyl sites for hydroxylation is 1. The fourth-order valence-electron chi connectivity index (χ4n) is 3.39. The van der Waals surface area contributed by atoms with Gasteiger partial charge in [0, 0.05) is 24.9 Å². The number of benzene rings is 2. The van der Waals surface area contributed by atoms with Crippen molar-refractivity contribution in [1.82, 2.24) is 5.32 Å². The number of hydrogen-bond acceptors (Lipinski definition) is 3. The highest BCUT2D eigenvalue weighted by atomic mass is 16.4. The molecule has 0 aliphatic rings. The van der Waals surface area contributed by atoms with Crippen LogP contribution in [0.25, 0.3) is 11.1 Å². The van der Waals surface area contributed by atoms with Crippen LogP contribution in [0.4, 0.5) is 0 Å². The number of Topliss-reactive ketones (excluding diaryl/α,β-unsaturated/α-hetero) is 1. The molecule has 0 bridgehead atoms. The average molecular weight is 424 g/mol. The Labute approximate surface area is 184 Å². The third-order valence-corrected chi connectivity index (χ3v) is 5.52. The van der Waals surface area contributed by atoms with E-state index in [4.69, 9.17) is 5.11 Å². The van der Waals surface area contributed by atoms with Crippen molar-refractivity contribution in [3.63, 3.8) is 0 Å². The summed E-state index contributed by atoms with van der Waals surface area (Å²) in [6.07, 6.45) is 3.61. The van der Waals surface area contributed by atoms with E-state index in [-0.39, 0.29) is 11.7 Å². The molecule has 166 valence electrons. The largest absolute Gasteiger partial charge is 0.481 e. The minimum absolute atomic E-state index is 0.0372. The van der Waals surface area contributed by atoms with Gasteiger partial charge in [-0.05, 0) is 63.1 Å². The third-order valence-electron chi connectivity index (χ3n) is 5.52. The van der Waals surface area contributed by atoms with E-state index in [1.165, 1.54) is 5.56 Å². The summed E-state index contributed by atoms with van der Waals surface area (Å²) in [7, 11) is 0. The number of ketones is 1. The van der Waals surface area contributed by atoms with Crippen LogP contribution in [0.2, 0.25) is 0 Å². The summed E-state index contributed by atoms with van der Waals surface area (Å²) in [5.74, 6) is -0.702. The zero-order chi connectivity index (χ0) is 22.9. The summed E-state index contributed by atoms with van der Waals surface area (Å²) in [6, 6.07) is 15.8. The zero-order valence-corrected chi connectivity index (χ0v) is 18.7. The van der Waals surface area contributed by atoms with Gasteiger partial charge < -0.3 is 10.4 Å². The molecule has 0 spiro atoms. The number of nitrogens with one attached hydrogen (secondary N) is 1. The Balaban J connectivity index is 1.87. The summed E-state index contributed by atoms with van der Waals surface area (Å²) >= 11 is 0. The summed E-state index contributed by atoms with van der Waals surface area (Å²) < 4.78 is 0. The van der Waals surface area contributed by atoms with Gasteiger partial charge in [-0.25, -0.2) is 0 Å². The molecule has 0 aliphatic heterocycles. The molecule has 0 saturated heterocycles. The number of carbonyl (C=O) groups excluding carboxylic acids is 2. The number of amides is 1. The van der Waals surface area contributed by atoms with Crippen LogP contribution in [-0.2, 0) is 16.0 Å². The summed E-state index contributed by atoms with van der Waals surface area (Å²) in [4.78, 5) is 35.1. The Kier molecular flexibility index (Phi) is 8.98. The van der Waals surface area contributed by atoms with Gasteiger partial charge in [0.25, 0.3) is 0 Å². The molecule has 0 fully saturated rings. The first-order chi connectivity index (χ1) is 14.7. The molecule has 0 aromatic heterocycles. The Morgan fingerprint density at radius 2 is 1.45 bits per heavy atom. The van der Waals surface area contributed by atoms with Gasteiger partial charge in [0.1, 0.15) is 0 Å². The number of carboxylic acid groups (broad SMARTS) is 1. The molecule has 2 aromatic rings. The number of rotatable bonds is 12. The molecule has 31 heavy (non-hydrogen) atoms. The van der Waals surface area contributed by atoms with E-state index in [2.05, 4.69) is 29.6 Å². The van der Waals surface area contributed by atoms with Gasteiger partial charge in [0.15, 0.2) is 5.78 Å². The first kappa shape index (κ1) is 24.3. The molecule has 5 heteroatoms. The van der Waals surface area contributed by atoms with Crippen molar-refractivity contribution in [3.8, 4) is 11.1 Å². The molecule has 2 N–H and O–H groups in total. The van der Waals surface area contributed by atoms with Gasteiger partial charge in [0.05, 0.1) is 5.41 Å². The third kappa shape index (κ3) is 7.67. The number of hydrogen-bond donors (Lipinski definition) is 2. The van der Waals surface area contributed by atoms with Crippen LogP contribution in [0.5, 0.6) is 0 Å². The van der Waals surface area contributed by atoms with Crippen LogP contribution in [0.1, 0.15) is 68.8 Å². The highest BCUT2D eigenvalue weighted by Gasteiger charge is 2.26. The van der Waals surface area contributed by atoms with E-state index in [1.54, 1.807) is 13.8 Å². The van der Waals surface area contributed by atoms with Crippen LogP contribution in [-0.4, -0.2) is 29.3 Å². The van der Waals surface area contributed by atoms with Crippen LogP contribution in [0, 0.1) is 5.41 Å².